The van der Waals surface area contributed by atoms with Gasteiger partial charge in [0, 0.05) is 11.5 Å². The molecule has 2 rings (SSSR count). The van der Waals surface area contributed by atoms with Gasteiger partial charge >= 0.3 is 0 Å². The number of rotatable bonds is 4. The van der Waals surface area contributed by atoms with E-state index in [1.54, 1.807) is 7.11 Å². The largest absolute Gasteiger partial charge is 0.497 e. The molecule has 0 saturated heterocycles. The Morgan fingerprint density at radius 3 is 2.84 bits per heavy atom. The van der Waals surface area contributed by atoms with Crippen molar-refractivity contribution in [1.29, 1.82) is 0 Å². The first-order chi connectivity index (χ1) is 9.11. The smallest absolute Gasteiger partial charge is 0.119 e. The standard InChI is InChI=1S/C17H25NO/c1-5-17(11-7-9-15(13-17)18(2)3)14-8-6-10-16(12-14)19-4/h5-6,8,10,12,15H,1,7,9,11,13H2,2-4H3/t15-,17-/m0/s1. The highest BCUT2D eigenvalue weighted by Gasteiger charge is 2.36. The van der Waals surface area contributed by atoms with Crippen molar-refractivity contribution in [3.8, 4) is 5.75 Å². The molecule has 0 aromatic heterocycles. The minimum absolute atomic E-state index is 0.0989. The van der Waals surface area contributed by atoms with Crippen LogP contribution in [0.15, 0.2) is 36.9 Å². The number of hydrogen-bond acceptors (Lipinski definition) is 2. The third kappa shape index (κ3) is 2.84. The zero-order chi connectivity index (χ0) is 13.9. The van der Waals surface area contributed by atoms with E-state index in [4.69, 9.17) is 4.74 Å². The molecule has 0 bridgehead atoms. The molecule has 0 N–H and O–H groups in total. The van der Waals surface area contributed by atoms with E-state index in [9.17, 15) is 0 Å². The Bertz CT molecular complexity index is 441. The topological polar surface area (TPSA) is 12.5 Å². The maximum absolute atomic E-state index is 5.36. The highest BCUT2D eigenvalue weighted by atomic mass is 16.5. The molecule has 2 nitrogen and oxygen atoms in total. The average Bonchev–Trinajstić information content (AvgIpc) is 2.47. The maximum atomic E-state index is 5.36. The Morgan fingerprint density at radius 2 is 2.21 bits per heavy atom. The summed E-state index contributed by atoms with van der Waals surface area (Å²) in [6.45, 7) is 4.12. The fourth-order valence-electron chi connectivity index (χ4n) is 3.22. The van der Waals surface area contributed by atoms with Gasteiger partial charge in [-0.3, -0.25) is 0 Å². The van der Waals surface area contributed by atoms with Crippen LogP contribution in [0, 0.1) is 0 Å². The Kier molecular flexibility index (Phi) is 4.31. The molecule has 1 aliphatic rings. The van der Waals surface area contributed by atoms with Crippen molar-refractivity contribution in [3.05, 3.63) is 42.5 Å². The van der Waals surface area contributed by atoms with Crippen LogP contribution in [0.2, 0.25) is 0 Å². The van der Waals surface area contributed by atoms with Crippen molar-refractivity contribution < 1.29 is 4.74 Å². The van der Waals surface area contributed by atoms with Gasteiger partial charge in [-0.05, 0) is 51.1 Å². The van der Waals surface area contributed by atoms with Crippen molar-refractivity contribution in [2.45, 2.75) is 37.1 Å². The Hall–Kier alpha value is -1.28. The molecule has 104 valence electrons. The van der Waals surface area contributed by atoms with Crippen molar-refractivity contribution in [1.82, 2.24) is 4.90 Å². The summed E-state index contributed by atoms with van der Waals surface area (Å²) in [5, 5.41) is 0. The van der Waals surface area contributed by atoms with Crippen LogP contribution in [0.4, 0.5) is 0 Å². The lowest BCUT2D eigenvalue weighted by atomic mass is 9.67. The zero-order valence-corrected chi connectivity index (χ0v) is 12.4. The first-order valence-corrected chi connectivity index (χ1v) is 7.06. The lowest BCUT2D eigenvalue weighted by Crippen LogP contribution is -2.40. The van der Waals surface area contributed by atoms with Crippen molar-refractivity contribution in [2.75, 3.05) is 21.2 Å². The molecule has 2 heteroatoms. The van der Waals surface area contributed by atoms with Gasteiger partial charge in [0.15, 0.2) is 0 Å². The summed E-state index contributed by atoms with van der Waals surface area (Å²) in [5.74, 6) is 0.936. The lowest BCUT2D eigenvalue weighted by Gasteiger charge is -2.41. The predicted octanol–water partition coefficient (Wildman–Crippen LogP) is 3.62. The van der Waals surface area contributed by atoms with E-state index in [1.807, 2.05) is 6.07 Å². The summed E-state index contributed by atoms with van der Waals surface area (Å²) < 4.78 is 5.36. The van der Waals surface area contributed by atoms with Gasteiger partial charge in [-0.2, -0.15) is 0 Å². The molecular weight excluding hydrogens is 234 g/mol. The second-order valence-corrected chi connectivity index (χ2v) is 5.81. The summed E-state index contributed by atoms with van der Waals surface area (Å²) in [5.41, 5.74) is 1.44. The molecule has 0 heterocycles. The SMILES string of the molecule is C=C[C@]1(c2cccc(OC)c2)CCC[C@H](N(C)C)C1. The molecule has 1 aliphatic carbocycles. The van der Waals surface area contributed by atoms with E-state index in [0.717, 1.165) is 12.2 Å². The number of allylic oxidation sites excluding steroid dienone is 1. The zero-order valence-electron chi connectivity index (χ0n) is 12.4. The number of hydrogen-bond donors (Lipinski definition) is 0. The molecule has 2 atom stereocenters. The molecule has 0 radical (unpaired) electrons. The van der Waals surface area contributed by atoms with Crippen LogP contribution in [-0.2, 0) is 5.41 Å². The molecule has 19 heavy (non-hydrogen) atoms. The van der Waals surface area contributed by atoms with Gasteiger partial charge in [-0.1, -0.05) is 24.6 Å². The van der Waals surface area contributed by atoms with Gasteiger partial charge in [-0.25, -0.2) is 0 Å². The summed E-state index contributed by atoms with van der Waals surface area (Å²) >= 11 is 0. The molecule has 1 aromatic carbocycles. The number of nitrogens with zero attached hydrogens (tertiary/aromatic N) is 1. The fraction of sp³-hybridized carbons (Fsp3) is 0.529. The second kappa shape index (κ2) is 5.79. The van der Waals surface area contributed by atoms with Crippen LogP contribution in [0.25, 0.3) is 0 Å². The van der Waals surface area contributed by atoms with E-state index < -0.39 is 0 Å². The average molecular weight is 259 g/mol. The van der Waals surface area contributed by atoms with Gasteiger partial charge in [-0.15, -0.1) is 6.58 Å². The fourth-order valence-corrected chi connectivity index (χ4v) is 3.22. The lowest BCUT2D eigenvalue weighted by molar-refractivity contribution is 0.184. The van der Waals surface area contributed by atoms with Crippen LogP contribution in [0.5, 0.6) is 5.75 Å². The van der Waals surface area contributed by atoms with Crippen LogP contribution >= 0.6 is 0 Å². The number of benzene rings is 1. The van der Waals surface area contributed by atoms with Crippen LogP contribution < -0.4 is 4.74 Å². The first kappa shape index (κ1) is 14.1. The Balaban J connectivity index is 2.33. The van der Waals surface area contributed by atoms with Gasteiger partial charge in [0.1, 0.15) is 5.75 Å². The van der Waals surface area contributed by atoms with Gasteiger partial charge < -0.3 is 9.64 Å². The van der Waals surface area contributed by atoms with E-state index in [1.165, 1.54) is 24.8 Å². The van der Waals surface area contributed by atoms with Crippen molar-refractivity contribution >= 4 is 0 Å². The monoisotopic (exact) mass is 259 g/mol. The quantitative estimate of drug-likeness (QED) is 0.766. The summed E-state index contributed by atoms with van der Waals surface area (Å²) in [4.78, 5) is 2.34. The summed E-state index contributed by atoms with van der Waals surface area (Å²) in [6.07, 6.45) is 7.03. The molecule has 0 amide bonds. The molecule has 1 saturated carbocycles. The van der Waals surface area contributed by atoms with E-state index in [2.05, 4.69) is 49.8 Å². The van der Waals surface area contributed by atoms with Crippen LogP contribution in [-0.4, -0.2) is 32.1 Å². The second-order valence-electron chi connectivity index (χ2n) is 5.81. The number of ether oxygens (including phenoxy) is 1. The van der Waals surface area contributed by atoms with E-state index in [0.29, 0.717) is 6.04 Å². The Labute approximate surface area is 117 Å². The highest BCUT2D eigenvalue weighted by Crippen LogP contribution is 2.42. The molecule has 1 fully saturated rings. The van der Waals surface area contributed by atoms with E-state index in [-0.39, 0.29) is 5.41 Å². The van der Waals surface area contributed by atoms with Crippen molar-refractivity contribution in [3.63, 3.8) is 0 Å². The molecule has 0 aliphatic heterocycles. The molecule has 0 spiro atoms. The Morgan fingerprint density at radius 1 is 1.42 bits per heavy atom. The minimum atomic E-state index is 0.0989. The first-order valence-electron chi connectivity index (χ1n) is 7.06. The van der Waals surface area contributed by atoms with Gasteiger partial charge in [0.2, 0.25) is 0 Å². The highest BCUT2D eigenvalue weighted by molar-refractivity contribution is 5.37. The normalized spacial score (nSPS) is 27.3. The third-order valence-corrected chi connectivity index (χ3v) is 4.53. The molecule has 0 unspecified atom stereocenters. The van der Waals surface area contributed by atoms with Gasteiger partial charge in [0.25, 0.3) is 0 Å². The maximum Gasteiger partial charge on any atom is 0.119 e. The molecule has 1 aromatic rings. The molecular formula is C17H25NO. The van der Waals surface area contributed by atoms with Crippen LogP contribution in [0.1, 0.15) is 31.2 Å². The minimum Gasteiger partial charge on any atom is -0.497 e. The number of methoxy groups -OCH3 is 1. The third-order valence-electron chi connectivity index (χ3n) is 4.53. The summed E-state index contributed by atoms with van der Waals surface area (Å²) in [6, 6.07) is 9.10. The van der Waals surface area contributed by atoms with Crippen LogP contribution in [0.3, 0.4) is 0 Å². The predicted molar refractivity (Wildman–Crippen MR) is 80.8 cm³/mol. The van der Waals surface area contributed by atoms with Crippen molar-refractivity contribution in [2.24, 2.45) is 0 Å². The van der Waals surface area contributed by atoms with Gasteiger partial charge in [0.05, 0.1) is 7.11 Å². The summed E-state index contributed by atoms with van der Waals surface area (Å²) in [7, 11) is 6.08. The van der Waals surface area contributed by atoms with E-state index >= 15 is 0 Å².